The Bertz CT molecular complexity index is 1120. The molecule has 0 unspecified atom stereocenters. The minimum absolute atomic E-state index is 0.599. The summed E-state index contributed by atoms with van der Waals surface area (Å²) in [5, 5.41) is 0. The van der Waals surface area contributed by atoms with E-state index in [4.69, 9.17) is 4.74 Å². The quantitative estimate of drug-likeness (QED) is 0.373. The minimum atomic E-state index is 0.599. The predicted octanol–water partition coefficient (Wildman–Crippen LogP) is 7.02. The van der Waals surface area contributed by atoms with Gasteiger partial charge in [0.05, 0.1) is 11.4 Å². The van der Waals surface area contributed by atoms with Gasteiger partial charge in [-0.3, -0.25) is 0 Å². The van der Waals surface area contributed by atoms with Gasteiger partial charge in [0.15, 0.2) is 0 Å². The van der Waals surface area contributed by atoms with Crippen molar-refractivity contribution in [1.29, 1.82) is 0 Å². The van der Waals surface area contributed by atoms with Crippen LogP contribution in [0.1, 0.15) is 23.6 Å². The first kappa shape index (κ1) is 17.8. The van der Waals surface area contributed by atoms with E-state index in [9.17, 15) is 0 Å². The number of hydrogen-bond acceptors (Lipinski definition) is 1. The smallest absolute Gasteiger partial charge is 0.129 e. The number of benzene rings is 3. The van der Waals surface area contributed by atoms with E-state index < -0.39 is 0 Å². The normalized spacial score (nSPS) is 12.2. The maximum atomic E-state index is 6.19. The van der Waals surface area contributed by atoms with Gasteiger partial charge in [-0.05, 0) is 44.0 Å². The van der Waals surface area contributed by atoms with Crippen LogP contribution in [-0.4, -0.2) is 4.57 Å². The van der Waals surface area contributed by atoms with Crippen LogP contribution in [0.2, 0.25) is 0 Å². The van der Waals surface area contributed by atoms with Crippen LogP contribution in [0.4, 0.5) is 0 Å². The topological polar surface area (TPSA) is 14.2 Å². The van der Waals surface area contributed by atoms with E-state index in [1.54, 1.807) is 0 Å². The van der Waals surface area contributed by atoms with E-state index in [1.807, 2.05) is 6.07 Å². The average molecular weight is 380 g/mol. The highest BCUT2D eigenvalue weighted by atomic mass is 16.5. The van der Waals surface area contributed by atoms with Crippen LogP contribution in [0.5, 0.6) is 5.75 Å². The van der Waals surface area contributed by atoms with Gasteiger partial charge in [0.2, 0.25) is 0 Å². The molecule has 1 aliphatic heterocycles. The van der Waals surface area contributed by atoms with Crippen molar-refractivity contribution >= 4 is 0 Å². The second kappa shape index (κ2) is 6.97. The number of aromatic nitrogens is 1. The third-order valence-electron chi connectivity index (χ3n) is 5.86. The summed E-state index contributed by atoms with van der Waals surface area (Å²) in [6.45, 7) is 8.01. The van der Waals surface area contributed by atoms with Crippen LogP contribution in [0.15, 0.2) is 72.8 Å². The zero-order chi connectivity index (χ0) is 20.0. The lowest BCUT2D eigenvalue weighted by atomic mass is 9.94. The molecule has 3 aromatic carbocycles. The lowest BCUT2D eigenvalue weighted by molar-refractivity contribution is 0.302. The van der Waals surface area contributed by atoms with Gasteiger partial charge in [0, 0.05) is 23.2 Å². The Hall–Kier alpha value is -3.26. The van der Waals surface area contributed by atoms with E-state index in [-0.39, 0.29) is 0 Å². The molecule has 1 aliphatic rings. The van der Waals surface area contributed by atoms with E-state index in [0.29, 0.717) is 6.61 Å². The van der Waals surface area contributed by atoms with Crippen molar-refractivity contribution in [2.45, 2.75) is 33.9 Å². The lowest BCUT2D eigenvalue weighted by Gasteiger charge is -2.20. The molecular formula is C27H25NO. The molecular weight excluding hydrogens is 354 g/mol. The van der Waals surface area contributed by atoms with E-state index in [2.05, 4.69) is 92.1 Å². The molecule has 0 bridgehead atoms. The summed E-state index contributed by atoms with van der Waals surface area (Å²) in [5.74, 6) is 0.970. The number of ether oxygens (including phenoxy) is 1. The monoisotopic (exact) mass is 379 g/mol. The summed E-state index contributed by atoms with van der Waals surface area (Å²) >= 11 is 0. The number of hydrogen-bond donors (Lipinski definition) is 0. The molecule has 0 N–H and O–H groups in total. The average Bonchev–Trinajstić information content (AvgIpc) is 3.09. The SMILES string of the molecule is CCn1c2c(c(-c3ccc(C)cc3)c1-c1ccc(C)cc1)COc1ccccc1-2. The number of nitrogens with zero attached hydrogens (tertiary/aromatic N) is 1. The Balaban J connectivity index is 1.87. The van der Waals surface area contributed by atoms with Crippen LogP contribution in [0.25, 0.3) is 33.6 Å². The molecule has 144 valence electrons. The first-order chi connectivity index (χ1) is 14.2. The summed E-state index contributed by atoms with van der Waals surface area (Å²) in [6, 6.07) is 26.1. The van der Waals surface area contributed by atoms with Gasteiger partial charge in [0.1, 0.15) is 12.4 Å². The summed E-state index contributed by atoms with van der Waals surface area (Å²) in [4.78, 5) is 0. The molecule has 2 heteroatoms. The van der Waals surface area contributed by atoms with Crippen LogP contribution < -0.4 is 4.74 Å². The van der Waals surface area contributed by atoms with Gasteiger partial charge in [-0.25, -0.2) is 0 Å². The first-order valence-corrected chi connectivity index (χ1v) is 10.3. The lowest BCUT2D eigenvalue weighted by Crippen LogP contribution is -2.08. The maximum absolute atomic E-state index is 6.19. The zero-order valence-corrected chi connectivity index (χ0v) is 17.2. The first-order valence-electron chi connectivity index (χ1n) is 10.3. The van der Waals surface area contributed by atoms with Gasteiger partial charge in [-0.2, -0.15) is 0 Å². The Morgan fingerprint density at radius 2 is 1.38 bits per heavy atom. The predicted molar refractivity (Wildman–Crippen MR) is 120 cm³/mol. The van der Waals surface area contributed by atoms with Crippen molar-refractivity contribution in [3.05, 3.63) is 89.5 Å². The fourth-order valence-corrected chi connectivity index (χ4v) is 4.42. The molecule has 5 rings (SSSR count). The van der Waals surface area contributed by atoms with Crippen molar-refractivity contribution in [2.75, 3.05) is 0 Å². The van der Waals surface area contributed by atoms with Crippen LogP contribution in [0.3, 0.4) is 0 Å². The molecule has 2 heterocycles. The molecule has 0 aliphatic carbocycles. The molecule has 0 amide bonds. The standard InChI is InChI=1S/C27H25NO/c1-4-28-26(21-15-11-19(3)12-16-21)25(20-13-9-18(2)10-14-20)23-17-29-24-8-6-5-7-22(24)27(23)28/h5-16H,4,17H2,1-3H3. The van der Waals surface area contributed by atoms with E-state index in [1.165, 1.54) is 50.3 Å². The Morgan fingerprint density at radius 1 is 0.759 bits per heavy atom. The summed E-state index contributed by atoms with van der Waals surface area (Å²) in [5.41, 5.74) is 11.4. The highest BCUT2D eigenvalue weighted by molar-refractivity contribution is 5.92. The number of para-hydroxylation sites is 1. The summed E-state index contributed by atoms with van der Waals surface area (Å²) in [7, 11) is 0. The maximum Gasteiger partial charge on any atom is 0.129 e. The van der Waals surface area contributed by atoms with Crippen molar-refractivity contribution in [1.82, 2.24) is 4.57 Å². The summed E-state index contributed by atoms with van der Waals surface area (Å²) in [6.07, 6.45) is 0. The largest absolute Gasteiger partial charge is 0.488 e. The highest BCUT2D eigenvalue weighted by Crippen LogP contribution is 2.48. The molecule has 0 saturated carbocycles. The second-order valence-corrected chi connectivity index (χ2v) is 7.81. The van der Waals surface area contributed by atoms with Crippen molar-refractivity contribution in [3.63, 3.8) is 0 Å². The van der Waals surface area contributed by atoms with Crippen molar-refractivity contribution in [3.8, 4) is 39.4 Å². The van der Waals surface area contributed by atoms with Crippen molar-refractivity contribution in [2.24, 2.45) is 0 Å². The molecule has 0 atom stereocenters. The Labute approximate surface area is 172 Å². The van der Waals surface area contributed by atoms with Crippen LogP contribution in [0, 0.1) is 13.8 Å². The van der Waals surface area contributed by atoms with Gasteiger partial charge < -0.3 is 9.30 Å². The Morgan fingerprint density at radius 3 is 2.03 bits per heavy atom. The van der Waals surface area contributed by atoms with Gasteiger partial charge >= 0.3 is 0 Å². The van der Waals surface area contributed by atoms with Crippen molar-refractivity contribution < 1.29 is 4.74 Å². The van der Waals surface area contributed by atoms with Crippen LogP contribution >= 0.6 is 0 Å². The second-order valence-electron chi connectivity index (χ2n) is 7.81. The molecule has 4 aromatic rings. The highest BCUT2D eigenvalue weighted by Gasteiger charge is 2.29. The molecule has 0 spiro atoms. The fraction of sp³-hybridized carbons (Fsp3) is 0.185. The number of aryl methyl sites for hydroxylation is 2. The summed E-state index contributed by atoms with van der Waals surface area (Å²) < 4.78 is 8.66. The van der Waals surface area contributed by atoms with E-state index >= 15 is 0 Å². The van der Waals surface area contributed by atoms with Gasteiger partial charge in [-0.1, -0.05) is 71.8 Å². The van der Waals surface area contributed by atoms with Crippen LogP contribution in [-0.2, 0) is 13.2 Å². The third-order valence-corrected chi connectivity index (χ3v) is 5.86. The fourth-order valence-electron chi connectivity index (χ4n) is 4.42. The number of rotatable bonds is 3. The third kappa shape index (κ3) is 2.87. The Kier molecular flexibility index (Phi) is 4.28. The minimum Gasteiger partial charge on any atom is -0.488 e. The van der Waals surface area contributed by atoms with Gasteiger partial charge in [0.25, 0.3) is 0 Å². The molecule has 1 aromatic heterocycles. The molecule has 0 radical (unpaired) electrons. The molecule has 29 heavy (non-hydrogen) atoms. The molecule has 2 nitrogen and oxygen atoms in total. The van der Waals surface area contributed by atoms with E-state index in [0.717, 1.165) is 12.3 Å². The number of fused-ring (bicyclic) bond motifs is 3. The molecule has 0 saturated heterocycles. The molecule has 0 fully saturated rings. The van der Waals surface area contributed by atoms with Gasteiger partial charge in [-0.15, -0.1) is 0 Å². The zero-order valence-electron chi connectivity index (χ0n) is 17.2.